The fourth-order valence-corrected chi connectivity index (χ4v) is 0.829. The maximum absolute atomic E-state index is 12.9. The third-order valence-corrected chi connectivity index (χ3v) is 1.49. The number of rotatable bonds is 1. The summed E-state index contributed by atoms with van der Waals surface area (Å²) in [7, 11) is 0. The molecule has 0 bridgehead atoms. The molecule has 13 heavy (non-hydrogen) atoms. The Bertz CT molecular complexity index is 321. The molecule has 0 unspecified atom stereocenters. The van der Waals surface area contributed by atoms with Crippen molar-refractivity contribution in [3.63, 3.8) is 0 Å². The largest absolute Gasteiger partial charge is 0.290 e. The van der Waals surface area contributed by atoms with Crippen molar-refractivity contribution in [2.45, 2.75) is 0 Å². The standard InChI is InChI=1S/C6H5ClFN3O.ClH/c7-5-4(8)3(1-2-10-5)6(12)11-9;/h1-2H,9H2,(H,11,12);1H. The van der Waals surface area contributed by atoms with Crippen LogP contribution in [0.5, 0.6) is 0 Å². The van der Waals surface area contributed by atoms with Crippen LogP contribution in [-0.4, -0.2) is 10.9 Å². The summed E-state index contributed by atoms with van der Waals surface area (Å²) in [4.78, 5) is 14.2. The lowest BCUT2D eigenvalue weighted by molar-refractivity contribution is 0.0949. The van der Waals surface area contributed by atoms with Gasteiger partial charge in [-0.05, 0) is 6.07 Å². The van der Waals surface area contributed by atoms with E-state index in [9.17, 15) is 9.18 Å². The van der Waals surface area contributed by atoms with Crippen molar-refractivity contribution >= 4 is 29.9 Å². The number of pyridine rings is 1. The topological polar surface area (TPSA) is 68.0 Å². The molecule has 0 fully saturated rings. The van der Waals surface area contributed by atoms with Gasteiger partial charge in [-0.1, -0.05) is 11.6 Å². The minimum atomic E-state index is -0.873. The molecule has 1 aromatic heterocycles. The van der Waals surface area contributed by atoms with E-state index in [-0.39, 0.29) is 23.1 Å². The highest BCUT2D eigenvalue weighted by molar-refractivity contribution is 6.29. The van der Waals surface area contributed by atoms with Crippen LogP contribution in [0.2, 0.25) is 5.15 Å². The fraction of sp³-hybridized carbons (Fsp3) is 0. The summed E-state index contributed by atoms with van der Waals surface area (Å²) in [5.41, 5.74) is 1.56. The Kier molecular flexibility index (Phi) is 4.61. The van der Waals surface area contributed by atoms with Crippen molar-refractivity contribution in [1.82, 2.24) is 10.4 Å². The van der Waals surface area contributed by atoms with E-state index in [0.29, 0.717) is 0 Å². The zero-order valence-electron chi connectivity index (χ0n) is 6.25. The van der Waals surface area contributed by atoms with Crippen LogP contribution in [0.3, 0.4) is 0 Å². The average molecular weight is 226 g/mol. The predicted octanol–water partition coefficient (Wildman–Crippen LogP) is 0.899. The molecule has 3 N–H and O–H groups in total. The molecule has 1 aromatic rings. The molecule has 1 heterocycles. The number of hydrazine groups is 1. The molecular weight excluding hydrogens is 220 g/mol. The summed E-state index contributed by atoms with van der Waals surface area (Å²) in [6.45, 7) is 0. The lowest BCUT2D eigenvalue weighted by atomic mass is 10.2. The molecule has 0 aliphatic heterocycles. The van der Waals surface area contributed by atoms with Gasteiger partial charge >= 0.3 is 0 Å². The molecule has 7 heteroatoms. The number of carbonyl (C=O) groups excluding carboxylic acids is 1. The highest BCUT2D eigenvalue weighted by Gasteiger charge is 2.13. The van der Waals surface area contributed by atoms with Crippen molar-refractivity contribution in [1.29, 1.82) is 0 Å². The third kappa shape index (κ3) is 2.51. The first-order valence-electron chi connectivity index (χ1n) is 2.97. The normalized spacial score (nSPS) is 8.85. The Morgan fingerprint density at radius 1 is 1.69 bits per heavy atom. The minimum Gasteiger partial charge on any atom is -0.290 e. The van der Waals surface area contributed by atoms with E-state index in [1.165, 1.54) is 12.3 Å². The second-order valence-electron chi connectivity index (χ2n) is 1.94. The van der Waals surface area contributed by atoms with E-state index in [1.807, 2.05) is 0 Å². The van der Waals surface area contributed by atoms with Crippen LogP contribution < -0.4 is 11.3 Å². The van der Waals surface area contributed by atoms with Crippen molar-refractivity contribution in [2.75, 3.05) is 0 Å². The van der Waals surface area contributed by atoms with Crippen molar-refractivity contribution in [3.05, 3.63) is 28.8 Å². The van der Waals surface area contributed by atoms with E-state index in [2.05, 4.69) is 4.98 Å². The van der Waals surface area contributed by atoms with E-state index in [0.717, 1.165) is 0 Å². The molecule has 0 saturated carbocycles. The molecule has 72 valence electrons. The fourth-order valence-electron chi connectivity index (χ4n) is 0.671. The van der Waals surface area contributed by atoms with Crippen molar-refractivity contribution in [3.8, 4) is 0 Å². The maximum atomic E-state index is 12.9. The molecule has 0 atom stereocenters. The highest BCUT2D eigenvalue weighted by atomic mass is 35.5. The number of nitrogens with two attached hydrogens (primary N) is 1. The molecule has 0 aliphatic rings. The number of nitrogens with one attached hydrogen (secondary N) is 1. The zero-order valence-corrected chi connectivity index (χ0v) is 7.82. The van der Waals surface area contributed by atoms with Gasteiger partial charge in [0.2, 0.25) is 0 Å². The van der Waals surface area contributed by atoms with E-state index < -0.39 is 11.7 Å². The van der Waals surface area contributed by atoms with Crippen LogP contribution in [0.4, 0.5) is 4.39 Å². The molecule has 0 spiro atoms. The van der Waals surface area contributed by atoms with Gasteiger partial charge in [-0.15, -0.1) is 12.4 Å². The van der Waals surface area contributed by atoms with Crippen LogP contribution in [0, 0.1) is 5.82 Å². The highest BCUT2D eigenvalue weighted by Crippen LogP contribution is 2.14. The van der Waals surface area contributed by atoms with Gasteiger partial charge in [0.25, 0.3) is 5.91 Å². The molecule has 0 radical (unpaired) electrons. The number of carbonyl (C=O) groups is 1. The van der Waals surface area contributed by atoms with Crippen LogP contribution >= 0.6 is 24.0 Å². The van der Waals surface area contributed by atoms with Crippen molar-refractivity contribution in [2.24, 2.45) is 5.84 Å². The van der Waals surface area contributed by atoms with Crippen LogP contribution in [0.25, 0.3) is 0 Å². The van der Waals surface area contributed by atoms with Gasteiger partial charge in [0, 0.05) is 6.20 Å². The van der Waals surface area contributed by atoms with Crippen LogP contribution in [0.1, 0.15) is 10.4 Å². The summed E-state index contributed by atoms with van der Waals surface area (Å²) in [6.07, 6.45) is 1.22. The van der Waals surface area contributed by atoms with Crippen LogP contribution in [0.15, 0.2) is 12.3 Å². The summed E-state index contributed by atoms with van der Waals surface area (Å²) in [5.74, 6) is 3.18. The second kappa shape index (κ2) is 4.96. The zero-order chi connectivity index (χ0) is 9.14. The van der Waals surface area contributed by atoms with E-state index in [1.54, 1.807) is 5.43 Å². The number of amides is 1. The monoisotopic (exact) mass is 225 g/mol. The average Bonchev–Trinajstić information content (AvgIpc) is 2.08. The third-order valence-electron chi connectivity index (χ3n) is 1.22. The maximum Gasteiger partial charge on any atom is 0.268 e. The Balaban J connectivity index is 0.00000144. The molecule has 1 amide bonds. The first-order chi connectivity index (χ1) is 5.66. The molecular formula is C6H6Cl2FN3O. The number of nitrogen functional groups attached to an aromatic ring is 1. The second-order valence-corrected chi connectivity index (χ2v) is 2.29. The molecule has 1 rings (SSSR count). The van der Waals surface area contributed by atoms with Gasteiger partial charge in [0.1, 0.15) is 0 Å². The molecule has 4 nitrogen and oxygen atoms in total. The van der Waals surface area contributed by atoms with Gasteiger partial charge in [0.15, 0.2) is 11.0 Å². The number of nitrogens with zero attached hydrogens (tertiary/aromatic N) is 1. The van der Waals surface area contributed by atoms with Gasteiger partial charge in [-0.25, -0.2) is 15.2 Å². The van der Waals surface area contributed by atoms with Gasteiger partial charge in [-0.2, -0.15) is 0 Å². The number of aromatic nitrogens is 1. The minimum absolute atomic E-state index is 0. The lowest BCUT2D eigenvalue weighted by Gasteiger charge is -2.00. The van der Waals surface area contributed by atoms with Gasteiger partial charge in [0.05, 0.1) is 5.56 Å². The summed E-state index contributed by atoms with van der Waals surface area (Å²) in [6, 6.07) is 1.18. The number of hydrogen-bond acceptors (Lipinski definition) is 3. The Hall–Kier alpha value is -0.910. The molecule has 0 saturated heterocycles. The first kappa shape index (κ1) is 12.1. The van der Waals surface area contributed by atoms with E-state index in [4.69, 9.17) is 17.4 Å². The predicted molar refractivity (Wildman–Crippen MR) is 48.1 cm³/mol. The Labute approximate surface area is 84.7 Å². The summed E-state index contributed by atoms with van der Waals surface area (Å²) in [5, 5.41) is -0.351. The number of hydrogen-bond donors (Lipinski definition) is 2. The van der Waals surface area contributed by atoms with Gasteiger partial charge < -0.3 is 0 Å². The summed E-state index contributed by atoms with van der Waals surface area (Å²) >= 11 is 5.31. The quantitative estimate of drug-likeness (QED) is 0.323. The number of halogens is 3. The van der Waals surface area contributed by atoms with Crippen LogP contribution in [-0.2, 0) is 0 Å². The SMILES string of the molecule is Cl.NNC(=O)c1ccnc(Cl)c1F. The smallest absolute Gasteiger partial charge is 0.268 e. The lowest BCUT2D eigenvalue weighted by Crippen LogP contribution is -2.30. The first-order valence-corrected chi connectivity index (χ1v) is 3.35. The Morgan fingerprint density at radius 3 is 2.85 bits per heavy atom. The molecule has 0 aromatic carbocycles. The van der Waals surface area contributed by atoms with Crippen molar-refractivity contribution < 1.29 is 9.18 Å². The van der Waals surface area contributed by atoms with E-state index >= 15 is 0 Å². The Morgan fingerprint density at radius 2 is 2.31 bits per heavy atom. The molecule has 0 aliphatic carbocycles. The van der Waals surface area contributed by atoms with Gasteiger partial charge in [-0.3, -0.25) is 10.2 Å². The summed E-state index contributed by atoms with van der Waals surface area (Å²) < 4.78 is 12.9.